The van der Waals surface area contributed by atoms with Crippen LogP contribution < -0.4 is 5.32 Å². The molecule has 2 aromatic rings. The normalized spacial score (nSPS) is 17.6. The van der Waals surface area contributed by atoms with E-state index in [1.807, 2.05) is 19.1 Å². The summed E-state index contributed by atoms with van der Waals surface area (Å²) < 4.78 is 27.6. The van der Waals surface area contributed by atoms with Crippen molar-refractivity contribution in [2.24, 2.45) is 5.92 Å². The zero-order valence-electron chi connectivity index (χ0n) is 18.1. The molecule has 1 aromatic carbocycles. The summed E-state index contributed by atoms with van der Waals surface area (Å²) in [6, 6.07) is 5.56. The van der Waals surface area contributed by atoms with Gasteiger partial charge in [-0.15, -0.1) is 11.3 Å². The number of sulfonamides is 1. The molecule has 0 bridgehead atoms. The Hall–Kier alpha value is -1.77. The first-order valence-electron chi connectivity index (χ1n) is 11.2. The molecule has 0 unspecified atom stereocenters. The standard InChI is InChI=1S/C23H31N3O3S2/c1-17-16-30-22(25-17)7-2-3-12-24-23(27)19-10-13-26(14-11-19)31(28,29)21-9-8-18-5-4-6-20(18)15-21/h8-9,15-16,19H,2-7,10-14H2,1H3,(H,24,27). The molecule has 0 atom stereocenters. The fourth-order valence-corrected chi connectivity index (χ4v) is 6.83. The van der Waals surface area contributed by atoms with Crippen LogP contribution in [0.15, 0.2) is 28.5 Å². The quantitative estimate of drug-likeness (QED) is 0.611. The zero-order chi connectivity index (χ0) is 21.8. The third-order valence-corrected chi connectivity index (χ3v) is 9.24. The van der Waals surface area contributed by atoms with Crippen LogP contribution in [0.25, 0.3) is 0 Å². The molecular weight excluding hydrogens is 430 g/mol. The van der Waals surface area contributed by atoms with Crippen molar-refractivity contribution >= 4 is 27.3 Å². The molecule has 1 amide bonds. The lowest BCUT2D eigenvalue weighted by atomic mass is 9.97. The van der Waals surface area contributed by atoms with E-state index in [1.54, 1.807) is 21.7 Å². The average Bonchev–Trinajstić information content (AvgIpc) is 3.41. The van der Waals surface area contributed by atoms with E-state index in [0.717, 1.165) is 49.2 Å². The number of hydrogen-bond donors (Lipinski definition) is 1. The minimum Gasteiger partial charge on any atom is -0.356 e. The maximum Gasteiger partial charge on any atom is 0.243 e. The van der Waals surface area contributed by atoms with Crippen molar-refractivity contribution in [3.63, 3.8) is 0 Å². The van der Waals surface area contributed by atoms with Crippen LogP contribution in [0.1, 0.15) is 53.9 Å². The second-order valence-corrected chi connectivity index (χ2v) is 11.5. The number of aromatic nitrogens is 1. The zero-order valence-corrected chi connectivity index (χ0v) is 19.7. The summed E-state index contributed by atoms with van der Waals surface area (Å²) in [4.78, 5) is 17.4. The van der Waals surface area contributed by atoms with Gasteiger partial charge in [-0.1, -0.05) is 6.07 Å². The maximum atomic E-state index is 13.0. The van der Waals surface area contributed by atoms with Gasteiger partial charge in [0.05, 0.1) is 9.90 Å². The van der Waals surface area contributed by atoms with Gasteiger partial charge in [-0.3, -0.25) is 4.79 Å². The number of hydrogen-bond acceptors (Lipinski definition) is 5. The van der Waals surface area contributed by atoms with Crippen molar-refractivity contribution in [3.8, 4) is 0 Å². The van der Waals surface area contributed by atoms with Crippen molar-refractivity contribution in [2.75, 3.05) is 19.6 Å². The Kier molecular flexibility index (Phi) is 7.08. The molecule has 8 heteroatoms. The first-order valence-corrected chi connectivity index (χ1v) is 13.6. The Balaban J connectivity index is 1.21. The second kappa shape index (κ2) is 9.79. The van der Waals surface area contributed by atoms with Gasteiger partial charge in [0.2, 0.25) is 15.9 Å². The summed E-state index contributed by atoms with van der Waals surface area (Å²) in [6.45, 7) is 3.47. The van der Waals surface area contributed by atoms with Crippen LogP contribution in [0.3, 0.4) is 0 Å². The molecule has 31 heavy (non-hydrogen) atoms. The van der Waals surface area contributed by atoms with Crippen LogP contribution in [0, 0.1) is 12.8 Å². The number of nitrogens with one attached hydrogen (secondary N) is 1. The van der Waals surface area contributed by atoms with Gasteiger partial charge in [-0.2, -0.15) is 4.31 Å². The van der Waals surface area contributed by atoms with Crippen molar-refractivity contribution in [2.45, 2.75) is 63.2 Å². The molecule has 1 aliphatic carbocycles. The Morgan fingerprint density at radius 2 is 1.97 bits per heavy atom. The van der Waals surface area contributed by atoms with Gasteiger partial charge < -0.3 is 5.32 Å². The van der Waals surface area contributed by atoms with Crippen LogP contribution in [-0.2, 0) is 34.1 Å². The number of fused-ring (bicyclic) bond motifs is 1. The van der Waals surface area contributed by atoms with Gasteiger partial charge >= 0.3 is 0 Å². The maximum absolute atomic E-state index is 13.0. The second-order valence-electron chi connectivity index (χ2n) is 8.59. The molecule has 2 aliphatic rings. The summed E-state index contributed by atoms with van der Waals surface area (Å²) in [5, 5.41) is 6.25. The van der Waals surface area contributed by atoms with E-state index in [0.29, 0.717) is 37.4 Å². The number of piperidine rings is 1. The molecule has 0 spiro atoms. The third kappa shape index (κ3) is 5.35. The fourth-order valence-electron chi connectivity index (χ4n) is 4.49. The Labute approximate surface area is 189 Å². The van der Waals surface area contributed by atoms with Gasteiger partial charge in [0.25, 0.3) is 0 Å². The topological polar surface area (TPSA) is 79.4 Å². The van der Waals surface area contributed by atoms with E-state index in [2.05, 4.69) is 15.7 Å². The summed E-state index contributed by atoms with van der Waals surface area (Å²) >= 11 is 1.69. The predicted molar refractivity (Wildman–Crippen MR) is 123 cm³/mol. The first-order chi connectivity index (χ1) is 14.9. The fraction of sp³-hybridized carbons (Fsp3) is 0.565. The smallest absolute Gasteiger partial charge is 0.243 e. The minimum atomic E-state index is -3.49. The minimum absolute atomic E-state index is 0.0553. The Morgan fingerprint density at radius 1 is 1.19 bits per heavy atom. The molecule has 6 nitrogen and oxygen atoms in total. The molecule has 1 saturated heterocycles. The van der Waals surface area contributed by atoms with Gasteiger partial charge in [-0.05, 0) is 81.5 Å². The molecule has 0 radical (unpaired) electrons. The molecule has 1 fully saturated rings. The van der Waals surface area contributed by atoms with Gasteiger partial charge in [0.1, 0.15) is 0 Å². The molecule has 1 N–H and O–H groups in total. The number of carbonyl (C=O) groups excluding carboxylic acids is 1. The van der Waals surface area contributed by atoms with E-state index < -0.39 is 10.0 Å². The van der Waals surface area contributed by atoms with Crippen LogP contribution >= 0.6 is 11.3 Å². The van der Waals surface area contributed by atoms with Crippen molar-refractivity contribution in [1.82, 2.24) is 14.6 Å². The van der Waals surface area contributed by atoms with E-state index >= 15 is 0 Å². The summed E-state index contributed by atoms with van der Waals surface area (Å²) in [5.41, 5.74) is 3.51. The highest BCUT2D eigenvalue weighted by Gasteiger charge is 2.32. The van der Waals surface area contributed by atoms with Crippen LogP contribution in [-0.4, -0.2) is 43.2 Å². The lowest BCUT2D eigenvalue weighted by molar-refractivity contribution is -0.126. The summed E-state index contributed by atoms with van der Waals surface area (Å²) in [6.07, 6.45) is 7.14. The van der Waals surface area contributed by atoms with Crippen molar-refractivity contribution < 1.29 is 13.2 Å². The third-order valence-electron chi connectivity index (χ3n) is 6.32. The predicted octanol–water partition coefficient (Wildman–Crippen LogP) is 3.48. The highest BCUT2D eigenvalue weighted by Crippen LogP contribution is 2.28. The largest absolute Gasteiger partial charge is 0.356 e. The molecular formula is C23H31N3O3S2. The number of nitrogens with zero attached hydrogens (tertiary/aromatic N) is 2. The summed E-state index contributed by atoms with van der Waals surface area (Å²) in [7, 11) is -3.49. The Morgan fingerprint density at radius 3 is 2.71 bits per heavy atom. The monoisotopic (exact) mass is 461 g/mol. The average molecular weight is 462 g/mol. The lowest BCUT2D eigenvalue weighted by Crippen LogP contribution is -2.43. The van der Waals surface area contributed by atoms with E-state index in [9.17, 15) is 13.2 Å². The number of benzene rings is 1. The number of carbonyl (C=O) groups is 1. The van der Waals surface area contributed by atoms with Gasteiger partial charge in [0.15, 0.2) is 0 Å². The highest BCUT2D eigenvalue weighted by atomic mass is 32.2. The van der Waals surface area contributed by atoms with E-state index in [-0.39, 0.29) is 11.8 Å². The number of rotatable bonds is 8. The molecule has 1 aromatic heterocycles. The molecule has 0 saturated carbocycles. The number of unbranched alkanes of at least 4 members (excludes halogenated alkanes) is 1. The lowest BCUT2D eigenvalue weighted by Gasteiger charge is -2.30. The summed E-state index contributed by atoms with van der Waals surface area (Å²) in [5.74, 6) is -0.0484. The number of amides is 1. The number of aryl methyl sites for hydroxylation is 4. The molecule has 4 rings (SSSR count). The SMILES string of the molecule is Cc1csc(CCCCNC(=O)C2CCN(S(=O)(=O)c3ccc4c(c3)CCC4)CC2)n1. The van der Waals surface area contributed by atoms with Gasteiger partial charge in [-0.25, -0.2) is 13.4 Å². The molecule has 2 heterocycles. The van der Waals surface area contributed by atoms with E-state index in [1.165, 1.54) is 11.1 Å². The van der Waals surface area contributed by atoms with Crippen LogP contribution in [0.4, 0.5) is 0 Å². The van der Waals surface area contributed by atoms with Gasteiger partial charge in [0, 0.05) is 36.6 Å². The highest BCUT2D eigenvalue weighted by molar-refractivity contribution is 7.89. The first kappa shape index (κ1) is 22.4. The van der Waals surface area contributed by atoms with E-state index in [4.69, 9.17) is 0 Å². The number of thiazole rings is 1. The molecule has 1 aliphatic heterocycles. The Bertz CT molecular complexity index is 1020. The molecule has 168 valence electrons. The van der Waals surface area contributed by atoms with Crippen LogP contribution in [0.2, 0.25) is 0 Å². The van der Waals surface area contributed by atoms with Crippen molar-refractivity contribution in [3.05, 3.63) is 45.4 Å². The van der Waals surface area contributed by atoms with Crippen LogP contribution in [0.5, 0.6) is 0 Å². The van der Waals surface area contributed by atoms with Crippen molar-refractivity contribution in [1.29, 1.82) is 0 Å².